The minimum absolute atomic E-state index is 0.0570. The summed E-state index contributed by atoms with van der Waals surface area (Å²) in [6.07, 6.45) is 5.88. The van der Waals surface area contributed by atoms with E-state index in [1.54, 1.807) is 0 Å². The van der Waals surface area contributed by atoms with Gasteiger partial charge >= 0.3 is 0 Å². The molecule has 110 valence electrons. The number of aldehydes is 1. The molecule has 3 heteroatoms. The summed E-state index contributed by atoms with van der Waals surface area (Å²) in [5.41, 5.74) is 0.169. The average Bonchev–Trinajstić information content (AvgIpc) is 2.37. The Labute approximate surface area is 118 Å². The van der Waals surface area contributed by atoms with E-state index in [0.29, 0.717) is 0 Å². The highest BCUT2D eigenvalue weighted by Crippen LogP contribution is 2.38. The van der Waals surface area contributed by atoms with Crippen LogP contribution >= 0.6 is 0 Å². The first kappa shape index (κ1) is 15.0. The molecule has 0 radical (unpaired) electrons. The van der Waals surface area contributed by atoms with Crippen molar-refractivity contribution in [3.8, 4) is 0 Å². The molecule has 0 aromatic carbocycles. The predicted octanol–water partition coefficient (Wildman–Crippen LogP) is 2.41. The summed E-state index contributed by atoms with van der Waals surface area (Å²) < 4.78 is 0. The van der Waals surface area contributed by atoms with Crippen LogP contribution in [-0.4, -0.2) is 54.9 Å². The van der Waals surface area contributed by atoms with Gasteiger partial charge in [-0.15, -0.1) is 0 Å². The summed E-state index contributed by atoms with van der Waals surface area (Å²) in [5.74, 6) is 0.803. The third kappa shape index (κ3) is 3.38. The molecule has 19 heavy (non-hydrogen) atoms. The van der Waals surface area contributed by atoms with Crippen molar-refractivity contribution in [3.63, 3.8) is 0 Å². The van der Waals surface area contributed by atoms with E-state index < -0.39 is 0 Å². The molecule has 0 spiro atoms. The topological polar surface area (TPSA) is 23.6 Å². The summed E-state index contributed by atoms with van der Waals surface area (Å²) in [5, 5.41) is 0. The number of nitrogens with zero attached hydrogens (tertiary/aromatic N) is 2. The highest BCUT2D eigenvalue weighted by Gasteiger charge is 2.39. The Morgan fingerprint density at radius 3 is 2.37 bits per heavy atom. The van der Waals surface area contributed by atoms with Gasteiger partial charge in [0.1, 0.15) is 6.29 Å². The maximum atomic E-state index is 11.7. The Hall–Kier alpha value is -0.410. The van der Waals surface area contributed by atoms with Crippen LogP contribution in [0.5, 0.6) is 0 Å². The van der Waals surface area contributed by atoms with Gasteiger partial charge in [0, 0.05) is 37.1 Å². The monoisotopic (exact) mass is 266 g/mol. The summed E-state index contributed by atoms with van der Waals surface area (Å²) in [4.78, 5) is 16.6. The SMILES string of the molecule is CC1CCC(C=O)(CN2CCN(C)C(C)(C)C2)CC1. The first-order valence-electron chi connectivity index (χ1n) is 7.77. The van der Waals surface area contributed by atoms with Crippen LogP contribution in [0.15, 0.2) is 0 Å². The lowest BCUT2D eigenvalue weighted by Crippen LogP contribution is -2.59. The molecule has 0 unspecified atom stereocenters. The van der Waals surface area contributed by atoms with Gasteiger partial charge in [0.05, 0.1) is 0 Å². The number of carbonyl (C=O) groups is 1. The fourth-order valence-electron chi connectivity index (χ4n) is 3.57. The van der Waals surface area contributed by atoms with E-state index in [9.17, 15) is 4.79 Å². The molecule has 1 aliphatic heterocycles. The number of hydrogen-bond acceptors (Lipinski definition) is 3. The minimum atomic E-state index is -0.0570. The summed E-state index contributed by atoms with van der Waals surface area (Å²) in [6.45, 7) is 11.2. The molecule has 0 aromatic heterocycles. The highest BCUT2D eigenvalue weighted by atomic mass is 16.1. The van der Waals surface area contributed by atoms with Crippen LogP contribution in [0.25, 0.3) is 0 Å². The second-order valence-corrected chi connectivity index (χ2v) is 7.61. The van der Waals surface area contributed by atoms with E-state index in [0.717, 1.165) is 44.9 Å². The molecule has 3 nitrogen and oxygen atoms in total. The first-order valence-corrected chi connectivity index (χ1v) is 7.77. The van der Waals surface area contributed by atoms with Gasteiger partial charge < -0.3 is 4.79 Å². The van der Waals surface area contributed by atoms with E-state index in [4.69, 9.17) is 0 Å². The second kappa shape index (κ2) is 5.53. The molecule has 2 aliphatic rings. The van der Waals surface area contributed by atoms with Crippen LogP contribution in [0.1, 0.15) is 46.5 Å². The third-order valence-electron chi connectivity index (χ3n) is 5.45. The van der Waals surface area contributed by atoms with Gasteiger partial charge in [-0.25, -0.2) is 0 Å². The van der Waals surface area contributed by atoms with E-state index in [2.05, 4.69) is 37.6 Å². The molecule has 2 fully saturated rings. The van der Waals surface area contributed by atoms with Gasteiger partial charge in [-0.05, 0) is 52.5 Å². The van der Waals surface area contributed by atoms with Crippen LogP contribution in [-0.2, 0) is 4.79 Å². The molecule has 0 atom stereocenters. The van der Waals surface area contributed by atoms with Crippen molar-refractivity contribution in [2.45, 2.75) is 52.0 Å². The molecule has 1 saturated heterocycles. The van der Waals surface area contributed by atoms with Crippen molar-refractivity contribution in [1.29, 1.82) is 0 Å². The van der Waals surface area contributed by atoms with Crippen molar-refractivity contribution in [2.75, 3.05) is 33.2 Å². The molecular formula is C16H30N2O. The molecule has 0 aromatic rings. The molecule has 1 saturated carbocycles. The third-order valence-corrected chi connectivity index (χ3v) is 5.45. The van der Waals surface area contributed by atoms with Gasteiger partial charge in [0.2, 0.25) is 0 Å². The zero-order valence-corrected chi connectivity index (χ0v) is 13.1. The Balaban J connectivity index is 1.97. The fourth-order valence-corrected chi connectivity index (χ4v) is 3.57. The van der Waals surface area contributed by atoms with Crippen LogP contribution in [0.2, 0.25) is 0 Å². The fraction of sp³-hybridized carbons (Fsp3) is 0.938. The number of hydrogen-bond donors (Lipinski definition) is 0. The lowest BCUT2D eigenvalue weighted by atomic mass is 9.71. The van der Waals surface area contributed by atoms with Crippen LogP contribution < -0.4 is 0 Å². The molecule has 0 bridgehead atoms. The average molecular weight is 266 g/mol. The van der Waals surface area contributed by atoms with Gasteiger partial charge in [0.25, 0.3) is 0 Å². The highest BCUT2D eigenvalue weighted by molar-refractivity contribution is 5.60. The summed E-state index contributed by atoms with van der Waals surface area (Å²) in [7, 11) is 2.20. The Morgan fingerprint density at radius 1 is 1.21 bits per heavy atom. The predicted molar refractivity (Wildman–Crippen MR) is 79.3 cm³/mol. The van der Waals surface area contributed by atoms with E-state index in [1.807, 2.05) is 0 Å². The Kier molecular flexibility index (Phi) is 4.36. The standard InChI is InChI=1S/C16H30N2O/c1-14-5-7-16(13-19,8-6-14)12-18-10-9-17(4)15(2,3)11-18/h13-14H,5-12H2,1-4H3. The largest absolute Gasteiger partial charge is 0.303 e. The normalized spacial score (nSPS) is 37.2. The summed E-state index contributed by atoms with van der Waals surface area (Å²) in [6, 6.07) is 0. The van der Waals surface area contributed by atoms with Crippen molar-refractivity contribution in [1.82, 2.24) is 9.80 Å². The van der Waals surface area contributed by atoms with Crippen LogP contribution in [0.4, 0.5) is 0 Å². The molecule has 2 rings (SSSR count). The van der Waals surface area contributed by atoms with Gasteiger partial charge in [-0.2, -0.15) is 0 Å². The lowest BCUT2D eigenvalue weighted by molar-refractivity contribution is -0.120. The molecule has 0 amide bonds. The van der Waals surface area contributed by atoms with Gasteiger partial charge in [0.15, 0.2) is 0 Å². The second-order valence-electron chi connectivity index (χ2n) is 7.61. The van der Waals surface area contributed by atoms with E-state index >= 15 is 0 Å². The van der Waals surface area contributed by atoms with Crippen molar-refractivity contribution in [2.24, 2.45) is 11.3 Å². The van der Waals surface area contributed by atoms with E-state index in [-0.39, 0.29) is 11.0 Å². The minimum Gasteiger partial charge on any atom is -0.303 e. The van der Waals surface area contributed by atoms with Crippen LogP contribution in [0.3, 0.4) is 0 Å². The van der Waals surface area contributed by atoms with Crippen molar-refractivity contribution < 1.29 is 4.79 Å². The van der Waals surface area contributed by atoms with Crippen molar-refractivity contribution >= 4 is 6.29 Å². The maximum Gasteiger partial charge on any atom is 0.127 e. The van der Waals surface area contributed by atoms with Gasteiger partial charge in [-0.1, -0.05) is 6.92 Å². The van der Waals surface area contributed by atoms with E-state index in [1.165, 1.54) is 19.1 Å². The van der Waals surface area contributed by atoms with Crippen LogP contribution in [0, 0.1) is 11.3 Å². The smallest absolute Gasteiger partial charge is 0.127 e. The summed E-state index contributed by atoms with van der Waals surface area (Å²) >= 11 is 0. The van der Waals surface area contributed by atoms with Gasteiger partial charge in [-0.3, -0.25) is 9.80 Å². The number of piperazine rings is 1. The Morgan fingerprint density at radius 2 is 1.84 bits per heavy atom. The molecule has 1 heterocycles. The zero-order valence-electron chi connectivity index (χ0n) is 13.1. The first-order chi connectivity index (χ1) is 8.87. The maximum absolute atomic E-state index is 11.7. The molecule has 0 N–H and O–H groups in total. The molecular weight excluding hydrogens is 236 g/mol. The number of rotatable bonds is 3. The lowest BCUT2D eigenvalue weighted by Gasteiger charge is -2.48. The number of likely N-dealkylation sites (N-methyl/N-ethyl adjacent to an activating group) is 1. The number of carbonyl (C=O) groups excluding carboxylic acids is 1. The molecule has 1 aliphatic carbocycles. The quantitative estimate of drug-likeness (QED) is 0.733. The van der Waals surface area contributed by atoms with Crippen molar-refractivity contribution in [3.05, 3.63) is 0 Å². The zero-order chi connectivity index (χ0) is 14.1. The Bertz CT molecular complexity index is 319.